The summed E-state index contributed by atoms with van der Waals surface area (Å²) in [7, 11) is -2.18. The van der Waals surface area contributed by atoms with E-state index in [2.05, 4.69) is 31.5 Å². The Morgan fingerprint density at radius 1 is 1.15 bits per heavy atom. The Morgan fingerprint density at radius 3 is 2.56 bits per heavy atom. The number of halogens is 2. The number of anilines is 2. The van der Waals surface area contributed by atoms with Crippen LogP contribution in [0.1, 0.15) is 95.0 Å². The van der Waals surface area contributed by atoms with Crippen LogP contribution < -0.4 is 15.2 Å². The largest absolute Gasteiger partial charge is 0.382 e. The second kappa shape index (κ2) is 15.3. The van der Waals surface area contributed by atoms with E-state index < -0.39 is 27.0 Å². The maximum atomic E-state index is 14.3. The van der Waals surface area contributed by atoms with E-state index in [1.165, 1.54) is 22.6 Å². The first-order chi connectivity index (χ1) is 19.5. The molecule has 1 aliphatic heterocycles. The van der Waals surface area contributed by atoms with Gasteiger partial charge in [-0.15, -0.1) is 0 Å². The molecule has 0 bridgehead atoms. The zero-order chi connectivity index (χ0) is 30.2. The SMILES string of the molecule is CCCCC(CC(C)CC)CC(CCC(C)OC)S(=O)(=O)N1NCc2ccc(NC(=O)c3c(F)cccc3Cl)cc21. The average molecular weight is 610 g/mol. The number of nitrogens with zero attached hydrogens (tertiary/aromatic N) is 1. The van der Waals surface area contributed by atoms with Crippen molar-refractivity contribution in [1.29, 1.82) is 0 Å². The molecule has 10 heteroatoms. The van der Waals surface area contributed by atoms with Crippen molar-refractivity contribution in [2.24, 2.45) is 11.8 Å². The fourth-order valence-corrected chi connectivity index (χ4v) is 7.55. The molecule has 0 aromatic heterocycles. The van der Waals surface area contributed by atoms with Crippen LogP contribution in [0.5, 0.6) is 0 Å². The van der Waals surface area contributed by atoms with Gasteiger partial charge in [0.05, 0.1) is 27.6 Å². The molecule has 0 aliphatic carbocycles. The predicted molar refractivity (Wildman–Crippen MR) is 165 cm³/mol. The number of amides is 1. The van der Waals surface area contributed by atoms with E-state index >= 15 is 0 Å². The summed E-state index contributed by atoms with van der Waals surface area (Å²) >= 11 is 6.07. The Hall–Kier alpha value is -2.20. The van der Waals surface area contributed by atoms with Gasteiger partial charge in [-0.2, -0.15) is 0 Å². The third-order valence-electron chi connectivity index (χ3n) is 8.13. The lowest BCUT2D eigenvalue weighted by Crippen LogP contribution is -2.45. The molecular weight excluding hydrogens is 565 g/mol. The monoisotopic (exact) mass is 609 g/mol. The van der Waals surface area contributed by atoms with Crippen molar-refractivity contribution >= 4 is 38.9 Å². The van der Waals surface area contributed by atoms with E-state index in [0.29, 0.717) is 49.0 Å². The van der Waals surface area contributed by atoms with Gasteiger partial charge in [0.15, 0.2) is 0 Å². The van der Waals surface area contributed by atoms with Gasteiger partial charge in [-0.25, -0.2) is 22.6 Å². The van der Waals surface area contributed by atoms with Crippen molar-refractivity contribution in [2.75, 3.05) is 16.8 Å². The molecule has 228 valence electrons. The molecule has 0 spiro atoms. The van der Waals surface area contributed by atoms with E-state index in [0.717, 1.165) is 37.7 Å². The van der Waals surface area contributed by atoms with Crippen LogP contribution in [-0.4, -0.2) is 32.8 Å². The Bertz CT molecular complexity index is 1260. The maximum absolute atomic E-state index is 14.3. The number of ether oxygens (including phenoxy) is 1. The minimum Gasteiger partial charge on any atom is -0.382 e. The van der Waals surface area contributed by atoms with E-state index in [9.17, 15) is 17.6 Å². The third-order valence-corrected chi connectivity index (χ3v) is 10.6. The van der Waals surface area contributed by atoms with E-state index in [1.54, 1.807) is 25.3 Å². The summed E-state index contributed by atoms with van der Waals surface area (Å²) in [5.41, 5.74) is 4.40. The molecule has 2 aromatic carbocycles. The van der Waals surface area contributed by atoms with Gasteiger partial charge in [0, 0.05) is 19.3 Å². The van der Waals surface area contributed by atoms with Gasteiger partial charge in [-0.05, 0) is 74.3 Å². The number of hydrogen-bond donors (Lipinski definition) is 2. The first-order valence-corrected chi connectivity index (χ1v) is 16.6. The summed E-state index contributed by atoms with van der Waals surface area (Å²) in [5.74, 6) is -0.604. The van der Waals surface area contributed by atoms with E-state index in [1.807, 2.05) is 6.92 Å². The molecule has 7 nitrogen and oxygen atoms in total. The number of hydrogen-bond acceptors (Lipinski definition) is 5. The number of sulfonamides is 1. The van der Waals surface area contributed by atoms with Crippen LogP contribution in [0.15, 0.2) is 36.4 Å². The number of benzene rings is 2. The van der Waals surface area contributed by atoms with Crippen LogP contribution in [0.3, 0.4) is 0 Å². The van der Waals surface area contributed by atoms with Gasteiger partial charge in [0.25, 0.3) is 15.9 Å². The molecule has 1 aliphatic rings. The second-order valence-corrected chi connectivity index (χ2v) is 13.7. The first-order valence-electron chi connectivity index (χ1n) is 14.7. The Morgan fingerprint density at radius 2 is 1.90 bits per heavy atom. The fourth-order valence-electron chi connectivity index (χ4n) is 5.37. The van der Waals surface area contributed by atoms with Crippen molar-refractivity contribution in [3.63, 3.8) is 0 Å². The lowest BCUT2D eigenvalue weighted by molar-refractivity contribution is 0.102. The molecule has 4 unspecified atom stereocenters. The summed E-state index contributed by atoms with van der Waals surface area (Å²) in [4.78, 5) is 12.8. The van der Waals surface area contributed by atoms with Gasteiger partial charge in [-0.3, -0.25) is 4.79 Å². The molecular formula is C31H45ClFN3O4S. The fraction of sp³-hybridized carbons (Fsp3) is 0.581. The standard InChI is InChI=1S/C31H45ClFN3O4S/c1-6-8-10-23(17-21(3)7-2)18-26(16-13-22(4)40-5)41(38,39)36-29-19-25(15-14-24(29)20-34-36)35-31(37)30-27(32)11-9-12-28(30)33/h9,11-12,14-15,19,21-23,26,34H,6-8,10,13,16-18,20H2,1-5H3,(H,35,37). The molecule has 2 aromatic rings. The van der Waals surface area contributed by atoms with Gasteiger partial charge >= 0.3 is 0 Å². The lowest BCUT2D eigenvalue weighted by Gasteiger charge is -2.30. The highest BCUT2D eigenvalue weighted by Crippen LogP contribution is 2.36. The van der Waals surface area contributed by atoms with Crippen molar-refractivity contribution in [1.82, 2.24) is 5.43 Å². The molecule has 3 rings (SSSR count). The summed E-state index contributed by atoms with van der Waals surface area (Å²) in [6.45, 7) is 8.87. The van der Waals surface area contributed by atoms with Crippen LogP contribution in [0, 0.1) is 17.7 Å². The predicted octanol–water partition coefficient (Wildman–Crippen LogP) is 7.70. The van der Waals surface area contributed by atoms with Gasteiger partial charge in [0.1, 0.15) is 5.82 Å². The highest BCUT2D eigenvalue weighted by atomic mass is 35.5. The molecule has 4 atom stereocenters. The van der Waals surface area contributed by atoms with Crippen LogP contribution >= 0.6 is 11.6 Å². The Labute approximate surface area is 250 Å². The molecule has 0 radical (unpaired) electrons. The summed E-state index contributed by atoms with van der Waals surface area (Å²) in [6, 6.07) is 9.10. The number of unbranched alkanes of at least 4 members (excludes halogenated alkanes) is 1. The van der Waals surface area contributed by atoms with Gasteiger partial charge in [-0.1, -0.05) is 70.2 Å². The number of rotatable bonds is 16. The van der Waals surface area contributed by atoms with Crippen molar-refractivity contribution in [3.8, 4) is 0 Å². The number of methoxy groups -OCH3 is 1. The normalized spacial score (nSPS) is 16.2. The van der Waals surface area contributed by atoms with Crippen LogP contribution in [-0.2, 0) is 21.3 Å². The van der Waals surface area contributed by atoms with Crippen molar-refractivity contribution in [3.05, 3.63) is 58.4 Å². The molecule has 0 fully saturated rings. The highest BCUT2D eigenvalue weighted by molar-refractivity contribution is 7.93. The number of hydrazine groups is 1. The molecule has 1 amide bonds. The lowest BCUT2D eigenvalue weighted by atomic mass is 9.86. The van der Waals surface area contributed by atoms with Gasteiger partial charge < -0.3 is 10.1 Å². The topological polar surface area (TPSA) is 87.7 Å². The highest BCUT2D eigenvalue weighted by Gasteiger charge is 2.38. The second-order valence-electron chi connectivity index (χ2n) is 11.3. The number of carbonyl (C=O) groups excluding carboxylic acids is 1. The zero-order valence-corrected chi connectivity index (χ0v) is 26.5. The quantitative estimate of drug-likeness (QED) is 0.204. The van der Waals surface area contributed by atoms with Crippen LogP contribution in [0.2, 0.25) is 5.02 Å². The smallest absolute Gasteiger partial charge is 0.260 e. The van der Waals surface area contributed by atoms with E-state index in [-0.39, 0.29) is 16.7 Å². The molecule has 0 saturated carbocycles. The number of nitrogens with one attached hydrogen (secondary N) is 2. The minimum atomic E-state index is -3.82. The summed E-state index contributed by atoms with van der Waals surface area (Å²) in [6.07, 6.45) is 6.85. The zero-order valence-electron chi connectivity index (χ0n) is 24.9. The number of fused-ring (bicyclic) bond motifs is 1. The van der Waals surface area contributed by atoms with E-state index in [4.69, 9.17) is 16.3 Å². The summed E-state index contributed by atoms with van der Waals surface area (Å²) < 4.78 is 49.6. The average Bonchev–Trinajstić information content (AvgIpc) is 3.37. The third kappa shape index (κ3) is 8.66. The summed E-state index contributed by atoms with van der Waals surface area (Å²) in [5, 5.41) is 2.07. The molecule has 1 heterocycles. The minimum absolute atomic E-state index is 0.00215. The Kier molecular flexibility index (Phi) is 12.4. The van der Waals surface area contributed by atoms with Crippen molar-refractivity contribution < 1.29 is 22.3 Å². The number of carbonyl (C=O) groups is 1. The molecule has 0 saturated heterocycles. The first kappa shape index (κ1) is 33.3. The van der Waals surface area contributed by atoms with Crippen LogP contribution in [0.25, 0.3) is 0 Å². The maximum Gasteiger partial charge on any atom is 0.260 e. The van der Waals surface area contributed by atoms with Gasteiger partial charge in [0.2, 0.25) is 0 Å². The van der Waals surface area contributed by atoms with Crippen molar-refractivity contribution in [2.45, 2.75) is 97.0 Å². The molecule has 2 N–H and O–H groups in total. The Balaban J connectivity index is 1.90. The molecule has 41 heavy (non-hydrogen) atoms. The van der Waals surface area contributed by atoms with Crippen LogP contribution in [0.4, 0.5) is 15.8 Å².